The Labute approximate surface area is 137 Å². The molecule has 1 aliphatic rings. The fourth-order valence-electron chi connectivity index (χ4n) is 2.77. The minimum atomic E-state index is -1.16. The van der Waals surface area contributed by atoms with Gasteiger partial charge in [0.1, 0.15) is 11.6 Å². The smallest absolute Gasteiger partial charge is 0.325 e. The molecule has 0 radical (unpaired) electrons. The molecule has 24 heavy (non-hydrogen) atoms. The summed E-state index contributed by atoms with van der Waals surface area (Å²) in [4.78, 5) is 50.7. The summed E-state index contributed by atoms with van der Waals surface area (Å²) in [6, 6.07) is -1.16. The van der Waals surface area contributed by atoms with E-state index in [9.17, 15) is 24.3 Å². The van der Waals surface area contributed by atoms with E-state index in [1.807, 2.05) is 4.98 Å². The SMILES string of the molecule is O=C(N[C@@H](CO)C(=O)NCC1CCCCC1)c1c[nH]c(=O)[nH]c1=O. The van der Waals surface area contributed by atoms with E-state index in [-0.39, 0.29) is 5.56 Å². The lowest BCUT2D eigenvalue weighted by Gasteiger charge is -2.23. The van der Waals surface area contributed by atoms with Gasteiger partial charge in [-0.15, -0.1) is 0 Å². The van der Waals surface area contributed by atoms with Gasteiger partial charge in [-0.25, -0.2) is 4.79 Å². The van der Waals surface area contributed by atoms with Crippen LogP contribution < -0.4 is 21.9 Å². The quantitative estimate of drug-likeness (QED) is 0.445. The summed E-state index contributed by atoms with van der Waals surface area (Å²) in [7, 11) is 0. The fourth-order valence-corrected chi connectivity index (χ4v) is 2.77. The van der Waals surface area contributed by atoms with Gasteiger partial charge in [0.15, 0.2) is 0 Å². The summed E-state index contributed by atoms with van der Waals surface area (Å²) in [6.45, 7) is -0.0893. The van der Waals surface area contributed by atoms with Gasteiger partial charge in [-0.05, 0) is 18.8 Å². The molecule has 0 spiro atoms. The molecule has 1 fully saturated rings. The number of amides is 2. The van der Waals surface area contributed by atoms with E-state index in [0.717, 1.165) is 31.9 Å². The topological polar surface area (TPSA) is 144 Å². The van der Waals surface area contributed by atoms with Gasteiger partial charge >= 0.3 is 5.69 Å². The Morgan fingerprint density at radius 3 is 2.58 bits per heavy atom. The number of carbonyl (C=O) groups is 2. The van der Waals surface area contributed by atoms with Crippen molar-refractivity contribution in [2.24, 2.45) is 5.92 Å². The number of aromatic nitrogens is 2. The minimum absolute atomic E-state index is 0.340. The van der Waals surface area contributed by atoms with Crippen LogP contribution in [0.3, 0.4) is 0 Å². The van der Waals surface area contributed by atoms with Crippen molar-refractivity contribution in [1.29, 1.82) is 0 Å². The zero-order valence-corrected chi connectivity index (χ0v) is 13.3. The van der Waals surface area contributed by atoms with E-state index < -0.39 is 35.7 Å². The largest absolute Gasteiger partial charge is 0.394 e. The number of nitrogens with one attached hydrogen (secondary N) is 4. The first-order valence-electron chi connectivity index (χ1n) is 8.02. The second-order valence-corrected chi connectivity index (χ2v) is 5.94. The van der Waals surface area contributed by atoms with E-state index in [0.29, 0.717) is 12.5 Å². The highest BCUT2D eigenvalue weighted by Gasteiger charge is 2.23. The van der Waals surface area contributed by atoms with Crippen LogP contribution in [0.25, 0.3) is 0 Å². The van der Waals surface area contributed by atoms with E-state index in [4.69, 9.17) is 0 Å². The van der Waals surface area contributed by atoms with Gasteiger partial charge in [-0.2, -0.15) is 0 Å². The average Bonchev–Trinajstić information content (AvgIpc) is 2.58. The second kappa shape index (κ2) is 8.44. The predicted octanol–water partition coefficient (Wildman–Crippen LogP) is -1.15. The molecule has 1 saturated carbocycles. The first-order valence-corrected chi connectivity index (χ1v) is 8.02. The van der Waals surface area contributed by atoms with E-state index in [1.165, 1.54) is 6.42 Å². The molecule has 2 amide bonds. The van der Waals surface area contributed by atoms with Gasteiger partial charge in [0.2, 0.25) is 5.91 Å². The molecule has 9 heteroatoms. The van der Waals surface area contributed by atoms with Crippen LogP contribution in [0.4, 0.5) is 0 Å². The third-order valence-electron chi connectivity index (χ3n) is 4.16. The van der Waals surface area contributed by atoms with Crippen LogP contribution in [-0.4, -0.2) is 46.1 Å². The van der Waals surface area contributed by atoms with Gasteiger partial charge in [-0.1, -0.05) is 19.3 Å². The highest BCUT2D eigenvalue weighted by atomic mass is 16.3. The molecule has 1 heterocycles. The van der Waals surface area contributed by atoms with Crippen LogP contribution in [0.15, 0.2) is 15.8 Å². The maximum atomic E-state index is 12.1. The Morgan fingerprint density at radius 1 is 1.25 bits per heavy atom. The lowest BCUT2D eigenvalue weighted by molar-refractivity contribution is -0.124. The van der Waals surface area contributed by atoms with E-state index in [2.05, 4.69) is 15.6 Å². The van der Waals surface area contributed by atoms with Gasteiger partial charge < -0.3 is 20.7 Å². The lowest BCUT2D eigenvalue weighted by Crippen LogP contribution is -2.50. The maximum absolute atomic E-state index is 12.1. The summed E-state index contributed by atoms with van der Waals surface area (Å²) in [5.41, 5.74) is -1.94. The number of hydrogen-bond donors (Lipinski definition) is 5. The summed E-state index contributed by atoms with van der Waals surface area (Å²) < 4.78 is 0. The van der Waals surface area contributed by atoms with Gasteiger partial charge in [0.05, 0.1) is 6.61 Å². The van der Waals surface area contributed by atoms with Crippen LogP contribution in [0.5, 0.6) is 0 Å². The molecule has 9 nitrogen and oxygen atoms in total. The first-order chi connectivity index (χ1) is 11.5. The van der Waals surface area contributed by atoms with Crippen molar-refractivity contribution < 1.29 is 14.7 Å². The summed E-state index contributed by atoms with van der Waals surface area (Å²) in [5.74, 6) is -0.934. The Bertz CT molecular complexity index is 690. The Hall–Kier alpha value is -2.42. The summed E-state index contributed by atoms with van der Waals surface area (Å²) in [5, 5.41) is 14.3. The molecule has 0 saturated heterocycles. The van der Waals surface area contributed by atoms with Crippen molar-refractivity contribution in [1.82, 2.24) is 20.6 Å². The summed E-state index contributed by atoms with van der Waals surface area (Å²) >= 11 is 0. The highest BCUT2D eigenvalue weighted by Crippen LogP contribution is 2.22. The highest BCUT2D eigenvalue weighted by molar-refractivity contribution is 5.97. The van der Waals surface area contributed by atoms with Crippen LogP contribution >= 0.6 is 0 Å². The minimum Gasteiger partial charge on any atom is -0.394 e. The number of rotatable bonds is 6. The Balaban J connectivity index is 1.92. The number of aliphatic hydroxyl groups excluding tert-OH is 1. The molecule has 1 aromatic rings. The zero-order valence-electron chi connectivity index (χ0n) is 13.3. The molecule has 1 aliphatic carbocycles. The van der Waals surface area contributed by atoms with E-state index in [1.54, 1.807) is 0 Å². The van der Waals surface area contributed by atoms with Crippen LogP contribution in [0, 0.1) is 5.92 Å². The van der Waals surface area contributed by atoms with Gasteiger partial charge in [0.25, 0.3) is 11.5 Å². The molecule has 2 rings (SSSR count). The lowest BCUT2D eigenvalue weighted by atomic mass is 9.89. The molecule has 0 aromatic carbocycles. The Morgan fingerprint density at radius 2 is 1.96 bits per heavy atom. The van der Waals surface area contributed by atoms with Crippen molar-refractivity contribution >= 4 is 11.8 Å². The van der Waals surface area contributed by atoms with Crippen LogP contribution in [0.1, 0.15) is 42.5 Å². The number of hydrogen-bond acceptors (Lipinski definition) is 5. The Kier molecular flexibility index (Phi) is 6.30. The van der Waals surface area contributed by atoms with Crippen molar-refractivity contribution in [2.75, 3.05) is 13.2 Å². The number of aromatic amines is 2. The van der Waals surface area contributed by atoms with Crippen molar-refractivity contribution in [2.45, 2.75) is 38.1 Å². The third kappa shape index (κ3) is 4.79. The molecule has 0 bridgehead atoms. The van der Waals surface area contributed by atoms with Gasteiger partial charge in [0, 0.05) is 12.7 Å². The standard InChI is InChI=1S/C15H22N4O5/c20-8-11(14(23)16-6-9-4-2-1-3-5-9)18-12(21)10-7-17-15(24)19-13(10)22/h7,9,11,20H,1-6,8H2,(H,16,23)(H,18,21)(H2,17,19,22,24)/t11-/m0/s1. The summed E-state index contributed by atoms with van der Waals surface area (Å²) in [6.07, 6.45) is 6.59. The molecule has 1 aromatic heterocycles. The molecule has 5 N–H and O–H groups in total. The predicted molar refractivity (Wildman–Crippen MR) is 85.6 cm³/mol. The molecular weight excluding hydrogens is 316 g/mol. The normalized spacial score (nSPS) is 16.4. The average molecular weight is 338 g/mol. The van der Waals surface area contributed by atoms with Crippen molar-refractivity contribution in [3.8, 4) is 0 Å². The van der Waals surface area contributed by atoms with Crippen LogP contribution in [0.2, 0.25) is 0 Å². The van der Waals surface area contributed by atoms with Crippen molar-refractivity contribution in [3.05, 3.63) is 32.6 Å². The van der Waals surface area contributed by atoms with Gasteiger partial charge in [-0.3, -0.25) is 19.4 Å². The molecule has 1 atom stereocenters. The molecule has 0 aliphatic heterocycles. The molecular formula is C15H22N4O5. The maximum Gasteiger partial charge on any atom is 0.325 e. The van der Waals surface area contributed by atoms with E-state index >= 15 is 0 Å². The third-order valence-corrected chi connectivity index (χ3v) is 4.16. The number of carbonyl (C=O) groups excluding carboxylic acids is 2. The van der Waals surface area contributed by atoms with Crippen LogP contribution in [-0.2, 0) is 4.79 Å². The molecule has 0 unspecified atom stereocenters. The number of H-pyrrole nitrogens is 2. The van der Waals surface area contributed by atoms with Crippen molar-refractivity contribution in [3.63, 3.8) is 0 Å². The second-order valence-electron chi connectivity index (χ2n) is 5.94. The first kappa shape index (κ1) is 17.9. The fraction of sp³-hybridized carbons (Fsp3) is 0.600. The zero-order chi connectivity index (χ0) is 17.5. The monoisotopic (exact) mass is 338 g/mol. The number of aliphatic hydroxyl groups is 1. The molecule has 132 valence electrons.